The second-order valence-corrected chi connectivity index (χ2v) is 14.2. The van der Waals surface area contributed by atoms with E-state index in [9.17, 15) is 0 Å². The first-order valence-corrected chi connectivity index (χ1v) is 18.8. The third-order valence-corrected chi connectivity index (χ3v) is 10.9. The Hall–Kier alpha value is -7.70. The van der Waals surface area contributed by atoms with E-state index >= 15 is 0 Å². The molecule has 6 nitrogen and oxygen atoms in total. The van der Waals surface area contributed by atoms with Crippen LogP contribution < -0.4 is 14.5 Å². The smallest absolute Gasteiger partial charge is 0.178 e. The fourth-order valence-electron chi connectivity index (χ4n) is 8.46. The maximum absolute atomic E-state index is 6.96. The zero-order valence-electron chi connectivity index (χ0n) is 30.0. The van der Waals surface area contributed by atoms with Gasteiger partial charge in [-0.2, -0.15) is 0 Å². The summed E-state index contributed by atoms with van der Waals surface area (Å²) in [6.45, 7) is 0. The first-order chi connectivity index (χ1) is 27.8. The maximum atomic E-state index is 6.96. The molecule has 56 heavy (non-hydrogen) atoms. The van der Waals surface area contributed by atoms with Crippen LogP contribution in [0.3, 0.4) is 0 Å². The van der Waals surface area contributed by atoms with Crippen LogP contribution >= 0.6 is 0 Å². The minimum atomic E-state index is 0.786. The molecule has 6 heteroatoms. The zero-order valence-corrected chi connectivity index (χ0v) is 30.0. The van der Waals surface area contributed by atoms with E-state index in [1.54, 1.807) is 0 Å². The number of anilines is 6. The van der Waals surface area contributed by atoms with Gasteiger partial charge in [0.25, 0.3) is 0 Å². The van der Waals surface area contributed by atoms with Crippen LogP contribution in [0.15, 0.2) is 197 Å². The third kappa shape index (κ3) is 4.56. The van der Waals surface area contributed by atoms with Crippen LogP contribution in [0.25, 0.3) is 60.5 Å². The number of para-hydroxylation sites is 6. The number of furan rings is 2. The van der Waals surface area contributed by atoms with Crippen molar-refractivity contribution in [3.8, 4) is 17.2 Å². The van der Waals surface area contributed by atoms with Crippen molar-refractivity contribution in [3.63, 3.8) is 0 Å². The molecule has 0 radical (unpaired) electrons. The van der Waals surface area contributed by atoms with Gasteiger partial charge >= 0.3 is 0 Å². The molecule has 12 rings (SSSR count). The van der Waals surface area contributed by atoms with Gasteiger partial charge in [-0.3, -0.25) is 9.47 Å². The molecule has 0 saturated heterocycles. The number of benzene rings is 8. The van der Waals surface area contributed by atoms with Gasteiger partial charge in [0.15, 0.2) is 17.3 Å². The lowest BCUT2D eigenvalue weighted by atomic mass is 10.1. The van der Waals surface area contributed by atoms with Crippen molar-refractivity contribution in [2.75, 3.05) is 9.80 Å². The minimum Gasteiger partial charge on any atom is -0.456 e. The van der Waals surface area contributed by atoms with Crippen LogP contribution in [-0.2, 0) is 0 Å². The number of rotatable bonds is 5. The molecule has 0 unspecified atom stereocenters. The van der Waals surface area contributed by atoms with Gasteiger partial charge in [-0.1, -0.05) is 84.9 Å². The molecule has 1 aliphatic heterocycles. The number of nitrogens with zero attached hydrogens (tertiary/aromatic N) is 3. The van der Waals surface area contributed by atoms with Crippen LogP contribution in [0.4, 0.5) is 34.3 Å². The number of fused-ring (bicyclic) bond motifs is 10. The Bertz CT molecular complexity index is 3190. The van der Waals surface area contributed by atoms with Gasteiger partial charge in [-0.25, -0.2) is 0 Å². The van der Waals surface area contributed by atoms with E-state index in [0.29, 0.717) is 0 Å². The summed E-state index contributed by atoms with van der Waals surface area (Å²) in [7, 11) is 0. The zero-order chi connectivity index (χ0) is 36.7. The highest BCUT2D eigenvalue weighted by atomic mass is 16.5. The Morgan fingerprint density at radius 3 is 1.57 bits per heavy atom. The van der Waals surface area contributed by atoms with Crippen molar-refractivity contribution in [1.82, 2.24) is 4.57 Å². The number of hydrogen-bond donors (Lipinski definition) is 0. The number of aromatic nitrogens is 1. The summed E-state index contributed by atoms with van der Waals surface area (Å²) >= 11 is 0. The standard InChI is InChI=1S/C50H31N3O3/c1-3-13-32(14-4-1)52-42-28-25-34(29-41(42)49-50(52)53(33-15-5-2-6-16-33)43-19-9-12-22-46(43)56-49)51(35-23-26-39-37-17-7-10-20-44(37)54-47(39)30-35)36-24-27-40-38-18-8-11-21-45(38)55-48(40)31-36/h1-31H. The maximum Gasteiger partial charge on any atom is 0.178 e. The molecule has 0 atom stereocenters. The Kier molecular flexibility index (Phi) is 6.53. The summed E-state index contributed by atoms with van der Waals surface area (Å²) in [5.41, 5.74) is 10.4. The molecule has 0 bridgehead atoms. The topological polar surface area (TPSA) is 46.9 Å². The van der Waals surface area contributed by atoms with Crippen molar-refractivity contribution in [3.05, 3.63) is 188 Å². The monoisotopic (exact) mass is 721 g/mol. The lowest BCUT2D eigenvalue weighted by Crippen LogP contribution is -2.18. The largest absolute Gasteiger partial charge is 0.456 e. The third-order valence-electron chi connectivity index (χ3n) is 10.9. The molecule has 3 aromatic heterocycles. The average molecular weight is 722 g/mol. The molecule has 0 amide bonds. The highest BCUT2D eigenvalue weighted by Crippen LogP contribution is 2.56. The van der Waals surface area contributed by atoms with Gasteiger partial charge in [-0.15, -0.1) is 0 Å². The van der Waals surface area contributed by atoms with Gasteiger partial charge < -0.3 is 18.5 Å². The SMILES string of the molecule is c1ccc(N2c3ccccc3Oc3c2n(-c2ccccc2)c2ccc(N(c4ccc5c(c4)oc4ccccc45)c4ccc5c(c4)oc4ccccc45)cc32)cc1. The molecular weight excluding hydrogens is 691 g/mol. The van der Waals surface area contributed by atoms with E-state index < -0.39 is 0 Å². The Balaban J connectivity index is 1.12. The molecule has 0 aliphatic carbocycles. The Morgan fingerprint density at radius 2 is 0.911 bits per heavy atom. The predicted octanol–water partition coefficient (Wildman–Crippen LogP) is 14.5. The first-order valence-electron chi connectivity index (χ1n) is 18.8. The van der Waals surface area contributed by atoms with E-state index in [1.165, 1.54) is 0 Å². The molecule has 0 fully saturated rings. The molecular formula is C50H31N3O3. The van der Waals surface area contributed by atoms with Crippen molar-refractivity contribution in [2.24, 2.45) is 0 Å². The fourth-order valence-corrected chi connectivity index (χ4v) is 8.46. The van der Waals surface area contributed by atoms with Gasteiger partial charge in [-0.05, 0) is 91.0 Å². The summed E-state index contributed by atoms with van der Waals surface area (Å²) < 4.78 is 22.1. The molecule has 0 spiro atoms. The van der Waals surface area contributed by atoms with Crippen molar-refractivity contribution >= 4 is 89.0 Å². The predicted molar refractivity (Wildman–Crippen MR) is 227 cm³/mol. The molecule has 0 N–H and O–H groups in total. The van der Waals surface area contributed by atoms with E-state index in [0.717, 1.165) is 106 Å². The summed E-state index contributed by atoms with van der Waals surface area (Å²) in [6, 6.07) is 65.2. The molecule has 0 saturated carbocycles. The molecule has 264 valence electrons. The van der Waals surface area contributed by atoms with Crippen LogP contribution in [0.2, 0.25) is 0 Å². The lowest BCUT2D eigenvalue weighted by Gasteiger charge is -2.32. The van der Waals surface area contributed by atoms with Crippen molar-refractivity contribution in [1.29, 1.82) is 0 Å². The highest BCUT2D eigenvalue weighted by Gasteiger charge is 2.33. The average Bonchev–Trinajstić information content (AvgIpc) is 3.92. The summed E-state index contributed by atoms with van der Waals surface area (Å²) in [5, 5.41) is 5.33. The second-order valence-electron chi connectivity index (χ2n) is 14.2. The number of ether oxygens (including phenoxy) is 1. The van der Waals surface area contributed by atoms with E-state index in [-0.39, 0.29) is 0 Å². The molecule has 8 aromatic carbocycles. The molecule has 1 aliphatic rings. The second kappa shape index (κ2) is 11.9. The molecule has 11 aromatic rings. The van der Waals surface area contributed by atoms with Gasteiger partial charge in [0, 0.05) is 67.5 Å². The van der Waals surface area contributed by atoms with Crippen LogP contribution in [-0.4, -0.2) is 4.57 Å². The van der Waals surface area contributed by atoms with Crippen molar-refractivity contribution < 1.29 is 13.6 Å². The summed E-state index contributed by atoms with van der Waals surface area (Å²) in [4.78, 5) is 4.58. The Morgan fingerprint density at radius 1 is 0.393 bits per heavy atom. The van der Waals surface area contributed by atoms with Crippen LogP contribution in [0.5, 0.6) is 11.5 Å². The van der Waals surface area contributed by atoms with E-state index in [2.05, 4.69) is 166 Å². The van der Waals surface area contributed by atoms with Crippen molar-refractivity contribution in [2.45, 2.75) is 0 Å². The highest BCUT2D eigenvalue weighted by molar-refractivity contribution is 6.09. The lowest BCUT2D eigenvalue weighted by molar-refractivity contribution is 0.481. The van der Waals surface area contributed by atoms with Gasteiger partial charge in [0.2, 0.25) is 0 Å². The van der Waals surface area contributed by atoms with Gasteiger partial charge in [0.1, 0.15) is 22.3 Å². The van der Waals surface area contributed by atoms with Crippen LogP contribution in [0.1, 0.15) is 0 Å². The Labute approximate surface area is 321 Å². The van der Waals surface area contributed by atoms with Crippen LogP contribution in [0, 0.1) is 0 Å². The normalized spacial score (nSPS) is 12.4. The van der Waals surface area contributed by atoms with E-state index in [4.69, 9.17) is 13.6 Å². The fraction of sp³-hybridized carbons (Fsp3) is 0. The first kappa shape index (κ1) is 30.7. The quantitative estimate of drug-likeness (QED) is 0.177. The number of hydrogen-bond acceptors (Lipinski definition) is 5. The summed E-state index contributed by atoms with van der Waals surface area (Å²) in [5.74, 6) is 2.52. The summed E-state index contributed by atoms with van der Waals surface area (Å²) in [6.07, 6.45) is 0. The van der Waals surface area contributed by atoms with Gasteiger partial charge in [0.05, 0.1) is 11.2 Å². The van der Waals surface area contributed by atoms with E-state index in [1.807, 2.05) is 36.4 Å². The molecule has 4 heterocycles. The minimum absolute atomic E-state index is 0.786.